The highest BCUT2D eigenvalue weighted by Crippen LogP contribution is 2.17. The molecule has 5 nitrogen and oxygen atoms in total. The molecule has 7 heteroatoms. The van der Waals surface area contributed by atoms with Gasteiger partial charge in [-0.1, -0.05) is 39.7 Å². The maximum Gasteiger partial charge on any atom is 0.242 e. The van der Waals surface area contributed by atoms with Gasteiger partial charge >= 0.3 is 0 Å². The number of carbonyl (C=O) groups excluding carboxylic acids is 2. The molecule has 0 fully saturated rings. The van der Waals surface area contributed by atoms with Crippen LogP contribution in [0.15, 0.2) is 53.0 Å². The molecular weight excluding hydrogens is 468 g/mol. The standard InChI is InChI=1S/C23H28BrClN2O3/c1-16(2)26-23(29)17(3)27(15-18-6-8-19(24)9-7-18)22(28)5-4-14-30-21-12-10-20(25)11-13-21/h6-13,16-17H,4-5,14-15H2,1-3H3,(H,26,29)/t17-/m1/s1. The van der Waals surface area contributed by atoms with Gasteiger partial charge in [-0.25, -0.2) is 0 Å². The first-order valence-corrected chi connectivity index (χ1v) is 11.2. The molecule has 0 saturated carbocycles. The van der Waals surface area contributed by atoms with Gasteiger partial charge in [-0.3, -0.25) is 9.59 Å². The summed E-state index contributed by atoms with van der Waals surface area (Å²) in [5, 5.41) is 3.54. The van der Waals surface area contributed by atoms with Crippen molar-refractivity contribution in [2.45, 2.75) is 52.2 Å². The van der Waals surface area contributed by atoms with E-state index in [1.165, 1.54) is 0 Å². The number of benzene rings is 2. The fraction of sp³-hybridized carbons (Fsp3) is 0.391. The van der Waals surface area contributed by atoms with Crippen molar-refractivity contribution in [3.8, 4) is 5.75 Å². The van der Waals surface area contributed by atoms with Crippen molar-refractivity contribution in [2.75, 3.05) is 6.61 Å². The van der Waals surface area contributed by atoms with Crippen LogP contribution in [0.1, 0.15) is 39.2 Å². The lowest BCUT2D eigenvalue weighted by Crippen LogP contribution is -2.49. The zero-order valence-corrected chi connectivity index (χ0v) is 19.9. The van der Waals surface area contributed by atoms with Crippen LogP contribution in [-0.4, -0.2) is 35.4 Å². The Morgan fingerprint density at radius 1 is 1.07 bits per heavy atom. The normalized spacial score (nSPS) is 11.8. The van der Waals surface area contributed by atoms with Gasteiger partial charge in [0.05, 0.1) is 6.61 Å². The van der Waals surface area contributed by atoms with Crippen LogP contribution in [0.5, 0.6) is 5.75 Å². The molecule has 30 heavy (non-hydrogen) atoms. The third kappa shape index (κ3) is 8.00. The molecule has 0 spiro atoms. The molecule has 0 radical (unpaired) electrons. The number of rotatable bonds is 10. The van der Waals surface area contributed by atoms with E-state index in [-0.39, 0.29) is 17.9 Å². The summed E-state index contributed by atoms with van der Waals surface area (Å²) in [7, 11) is 0. The Morgan fingerprint density at radius 2 is 1.70 bits per heavy atom. The summed E-state index contributed by atoms with van der Waals surface area (Å²) in [5.74, 6) is 0.472. The number of hydrogen-bond donors (Lipinski definition) is 1. The molecule has 0 unspecified atom stereocenters. The lowest BCUT2D eigenvalue weighted by atomic mass is 10.1. The molecule has 0 aliphatic carbocycles. The Morgan fingerprint density at radius 3 is 2.30 bits per heavy atom. The molecular formula is C23H28BrClN2O3. The summed E-state index contributed by atoms with van der Waals surface area (Å²) in [6.07, 6.45) is 0.847. The summed E-state index contributed by atoms with van der Waals surface area (Å²) < 4.78 is 6.64. The zero-order chi connectivity index (χ0) is 22.1. The summed E-state index contributed by atoms with van der Waals surface area (Å²) >= 11 is 9.29. The van der Waals surface area contributed by atoms with Crippen molar-refractivity contribution in [1.82, 2.24) is 10.2 Å². The summed E-state index contributed by atoms with van der Waals surface area (Å²) in [5.41, 5.74) is 0.966. The van der Waals surface area contributed by atoms with E-state index in [9.17, 15) is 9.59 Å². The van der Waals surface area contributed by atoms with Crippen LogP contribution in [0.4, 0.5) is 0 Å². The van der Waals surface area contributed by atoms with Crippen LogP contribution in [0, 0.1) is 0 Å². The highest BCUT2D eigenvalue weighted by atomic mass is 79.9. The van der Waals surface area contributed by atoms with Gasteiger partial charge in [0.15, 0.2) is 0 Å². The van der Waals surface area contributed by atoms with E-state index in [0.717, 1.165) is 10.0 Å². The number of nitrogens with one attached hydrogen (secondary N) is 1. The van der Waals surface area contributed by atoms with Crippen LogP contribution < -0.4 is 10.1 Å². The van der Waals surface area contributed by atoms with Crippen molar-refractivity contribution in [3.63, 3.8) is 0 Å². The Labute approximate surface area is 191 Å². The predicted molar refractivity (Wildman–Crippen MR) is 124 cm³/mol. The maximum absolute atomic E-state index is 13.0. The molecule has 0 saturated heterocycles. The number of hydrogen-bond acceptors (Lipinski definition) is 3. The molecule has 2 aromatic carbocycles. The molecule has 0 aliphatic rings. The quantitative estimate of drug-likeness (QED) is 0.461. The zero-order valence-electron chi connectivity index (χ0n) is 17.5. The molecule has 0 aliphatic heterocycles. The van der Waals surface area contributed by atoms with Crippen LogP contribution in [-0.2, 0) is 16.1 Å². The molecule has 162 valence electrons. The van der Waals surface area contributed by atoms with E-state index >= 15 is 0 Å². The van der Waals surface area contributed by atoms with Crippen molar-refractivity contribution in [1.29, 1.82) is 0 Å². The Kier molecular flexibility index (Phi) is 9.66. The first-order valence-electron chi connectivity index (χ1n) is 9.99. The topological polar surface area (TPSA) is 58.6 Å². The minimum absolute atomic E-state index is 0.0114. The second kappa shape index (κ2) is 12.0. The molecule has 2 rings (SSSR count). The molecule has 2 amide bonds. The van der Waals surface area contributed by atoms with Gasteiger partial charge in [0.2, 0.25) is 11.8 Å². The van der Waals surface area contributed by atoms with Gasteiger partial charge in [-0.15, -0.1) is 0 Å². The molecule has 0 aromatic heterocycles. The first kappa shape index (κ1) is 24.2. The summed E-state index contributed by atoms with van der Waals surface area (Å²) in [4.78, 5) is 27.1. The molecule has 0 bridgehead atoms. The van der Waals surface area contributed by atoms with E-state index in [2.05, 4.69) is 21.2 Å². The summed E-state index contributed by atoms with van der Waals surface area (Å²) in [6.45, 7) is 6.35. The molecule has 0 heterocycles. The minimum Gasteiger partial charge on any atom is -0.494 e. The SMILES string of the molecule is CC(C)NC(=O)[C@@H](C)N(Cc1ccc(Br)cc1)C(=O)CCCOc1ccc(Cl)cc1. The minimum atomic E-state index is -0.569. The predicted octanol–water partition coefficient (Wildman–Crippen LogP) is 5.20. The highest BCUT2D eigenvalue weighted by molar-refractivity contribution is 9.10. The largest absolute Gasteiger partial charge is 0.494 e. The Hall–Kier alpha value is -2.05. The van der Waals surface area contributed by atoms with Crippen LogP contribution in [0.3, 0.4) is 0 Å². The van der Waals surface area contributed by atoms with Crippen molar-refractivity contribution >= 4 is 39.3 Å². The van der Waals surface area contributed by atoms with E-state index in [1.54, 1.807) is 36.1 Å². The third-order valence-electron chi connectivity index (χ3n) is 4.48. The summed E-state index contributed by atoms with van der Waals surface area (Å²) in [6, 6.07) is 14.3. The first-order chi connectivity index (χ1) is 14.3. The van der Waals surface area contributed by atoms with Gasteiger partial charge in [-0.05, 0) is 69.2 Å². The lowest BCUT2D eigenvalue weighted by molar-refractivity contribution is -0.141. The smallest absolute Gasteiger partial charge is 0.242 e. The average Bonchev–Trinajstić information content (AvgIpc) is 2.71. The Balaban J connectivity index is 1.98. The van der Waals surface area contributed by atoms with Gasteiger partial charge in [0.25, 0.3) is 0 Å². The van der Waals surface area contributed by atoms with Crippen molar-refractivity contribution < 1.29 is 14.3 Å². The van der Waals surface area contributed by atoms with Gasteiger partial charge in [0, 0.05) is 28.5 Å². The molecule has 2 aromatic rings. The van der Waals surface area contributed by atoms with Crippen molar-refractivity contribution in [3.05, 3.63) is 63.6 Å². The number of nitrogens with zero attached hydrogens (tertiary/aromatic N) is 1. The second-order valence-corrected chi connectivity index (χ2v) is 8.75. The van der Waals surface area contributed by atoms with Gasteiger partial charge < -0.3 is 15.0 Å². The van der Waals surface area contributed by atoms with Gasteiger partial charge in [0.1, 0.15) is 11.8 Å². The second-order valence-electron chi connectivity index (χ2n) is 7.39. The van der Waals surface area contributed by atoms with Gasteiger partial charge in [-0.2, -0.15) is 0 Å². The maximum atomic E-state index is 13.0. The van der Waals surface area contributed by atoms with E-state index in [4.69, 9.17) is 16.3 Å². The van der Waals surface area contributed by atoms with Crippen molar-refractivity contribution in [2.24, 2.45) is 0 Å². The third-order valence-corrected chi connectivity index (χ3v) is 5.26. The van der Waals surface area contributed by atoms with Crippen LogP contribution >= 0.6 is 27.5 Å². The fourth-order valence-corrected chi connectivity index (χ4v) is 3.25. The fourth-order valence-electron chi connectivity index (χ4n) is 2.86. The number of ether oxygens (including phenoxy) is 1. The average molecular weight is 496 g/mol. The number of carbonyl (C=O) groups is 2. The van der Waals surface area contributed by atoms with E-state index in [0.29, 0.717) is 36.8 Å². The highest BCUT2D eigenvalue weighted by Gasteiger charge is 2.26. The number of amides is 2. The van der Waals surface area contributed by atoms with Crippen LogP contribution in [0.25, 0.3) is 0 Å². The molecule has 1 N–H and O–H groups in total. The lowest BCUT2D eigenvalue weighted by Gasteiger charge is -2.29. The molecule has 1 atom stereocenters. The Bertz CT molecular complexity index is 825. The number of halogens is 2. The van der Waals surface area contributed by atoms with E-state index < -0.39 is 6.04 Å². The monoisotopic (exact) mass is 494 g/mol. The van der Waals surface area contributed by atoms with E-state index in [1.807, 2.05) is 38.1 Å². The van der Waals surface area contributed by atoms with Crippen LogP contribution in [0.2, 0.25) is 5.02 Å².